The lowest BCUT2D eigenvalue weighted by Crippen LogP contribution is -2.35. The quantitative estimate of drug-likeness (QED) is 0.833. The molecular weight excluding hydrogens is 336 g/mol. The Hall–Kier alpha value is -3.48. The van der Waals surface area contributed by atoms with E-state index < -0.39 is 29.1 Å². The van der Waals surface area contributed by atoms with Crippen LogP contribution in [0.1, 0.15) is 32.7 Å². The van der Waals surface area contributed by atoms with Gasteiger partial charge in [-0.25, -0.2) is 4.79 Å². The first kappa shape index (κ1) is 14.8. The molecule has 0 aromatic heterocycles. The molecule has 1 saturated carbocycles. The van der Waals surface area contributed by atoms with Crippen molar-refractivity contribution < 1.29 is 24.0 Å². The van der Waals surface area contributed by atoms with Crippen LogP contribution < -0.4 is 5.32 Å². The Balaban J connectivity index is 1.40. The number of benzene rings is 2. The summed E-state index contributed by atoms with van der Waals surface area (Å²) in [5, 5.41) is 3.25. The molecule has 3 aliphatic rings. The lowest BCUT2D eigenvalue weighted by Gasteiger charge is -2.14. The van der Waals surface area contributed by atoms with E-state index in [1.165, 1.54) is 12.1 Å². The molecule has 2 unspecified atom stereocenters. The highest BCUT2D eigenvalue weighted by atomic mass is 16.7. The second-order valence-electron chi connectivity index (χ2n) is 6.59. The second kappa shape index (κ2) is 4.78. The number of hydrogen-bond donors (Lipinski definition) is 1. The Kier molecular flexibility index (Phi) is 2.73. The predicted molar refractivity (Wildman–Crippen MR) is 87.9 cm³/mol. The summed E-state index contributed by atoms with van der Waals surface area (Å²) in [4.78, 5) is 54.7. The molecule has 0 saturated heterocycles. The Morgan fingerprint density at radius 2 is 1.62 bits per heavy atom. The number of imide groups is 1. The molecule has 2 aromatic carbocycles. The van der Waals surface area contributed by atoms with Crippen LogP contribution in [0.2, 0.25) is 0 Å². The smallest absolute Gasteiger partial charge is 0.329 e. The molecule has 7 heteroatoms. The van der Waals surface area contributed by atoms with Crippen LogP contribution in [0, 0.1) is 5.92 Å². The molecule has 2 aromatic rings. The SMILES string of the molecule is O=C(ON1C(=O)c2ccccc2C1=O)C1CC12C(=O)Nc1ccccc12. The van der Waals surface area contributed by atoms with E-state index in [0.717, 1.165) is 5.56 Å². The summed E-state index contributed by atoms with van der Waals surface area (Å²) in [6.45, 7) is 0. The third kappa shape index (κ3) is 1.72. The molecule has 1 fully saturated rings. The van der Waals surface area contributed by atoms with Gasteiger partial charge in [0.15, 0.2) is 0 Å². The van der Waals surface area contributed by atoms with E-state index in [9.17, 15) is 19.2 Å². The fourth-order valence-electron chi connectivity index (χ4n) is 3.84. The maximum Gasteiger partial charge on any atom is 0.337 e. The molecule has 0 radical (unpaired) electrons. The lowest BCUT2D eigenvalue weighted by atomic mass is 9.95. The van der Waals surface area contributed by atoms with Crippen molar-refractivity contribution in [2.75, 3.05) is 5.32 Å². The Morgan fingerprint density at radius 3 is 2.31 bits per heavy atom. The Bertz CT molecular complexity index is 995. The van der Waals surface area contributed by atoms with E-state index in [4.69, 9.17) is 4.84 Å². The van der Waals surface area contributed by atoms with Gasteiger partial charge in [0.2, 0.25) is 5.91 Å². The number of fused-ring (bicyclic) bond motifs is 3. The molecule has 7 nitrogen and oxygen atoms in total. The van der Waals surface area contributed by atoms with Crippen molar-refractivity contribution >= 4 is 29.4 Å². The normalized spacial score (nSPS) is 25.2. The molecule has 0 bridgehead atoms. The van der Waals surface area contributed by atoms with Crippen molar-refractivity contribution in [2.45, 2.75) is 11.8 Å². The summed E-state index contributed by atoms with van der Waals surface area (Å²) < 4.78 is 0. The Labute approximate surface area is 147 Å². The number of rotatable bonds is 2. The van der Waals surface area contributed by atoms with Crippen LogP contribution in [0.4, 0.5) is 5.69 Å². The second-order valence-corrected chi connectivity index (χ2v) is 6.59. The molecule has 2 aliphatic heterocycles. The van der Waals surface area contributed by atoms with Crippen molar-refractivity contribution in [2.24, 2.45) is 5.92 Å². The van der Waals surface area contributed by atoms with Crippen molar-refractivity contribution in [3.8, 4) is 0 Å². The van der Waals surface area contributed by atoms with Gasteiger partial charge >= 0.3 is 5.97 Å². The van der Waals surface area contributed by atoms with Crippen molar-refractivity contribution in [3.63, 3.8) is 0 Å². The molecule has 2 atom stereocenters. The maximum absolute atomic E-state index is 12.6. The van der Waals surface area contributed by atoms with Gasteiger partial charge in [-0.2, -0.15) is 0 Å². The number of nitrogens with one attached hydrogen (secondary N) is 1. The van der Waals surface area contributed by atoms with Gasteiger partial charge < -0.3 is 10.2 Å². The molecular formula is C19H12N2O5. The highest BCUT2D eigenvalue weighted by Crippen LogP contribution is 2.60. The van der Waals surface area contributed by atoms with Gasteiger partial charge in [0, 0.05) is 5.69 Å². The van der Waals surface area contributed by atoms with E-state index >= 15 is 0 Å². The molecule has 128 valence electrons. The van der Waals surface area contributed by atoms with Crippen LogP contribution in [-0.4, -0.2) is 28.8 Å². The number of amides is 3. The third-order valence-corrected chi connectivity index (χ3v) is 5.24. The van der Waals surface area contributed by atoms with Crippen LogP contribution in [0.15, 0.2) is 48.5 Å². The summed E-state index contributed by atoms with van der Waals surface area (Å²) in [6.07, 6.45) is 0.290. The zero-order valence-corrected chi connectivity index (χ0v) is 13.4. The van der Waals surface area contributed by atoms with E-state index in [0.29, 0.717) is 10.8 Å². The summed E-state index contributed by atoms with van der Waals surface area (Å²) in [5.41, 5.74) is 0.842. The van der Waals surface area contributed by atoms with Crippen LogP contribution in [0.5, 0.6) is 0 Å². The molecule has 3 amide bonds. The zero-order chi connectivity index (χ0) is 18.1. The monoisotopic (exact) mass is 348 g/mol. The number of carbonyl (C=O) groups excluding carboxylic acids is 4. The fourth-order valence-corrected chi connectivity index (χ4v) is 3.84. The van der Waals surface area contributed by atoms with Gasteiger partial charge in [-0.05, 0) is 30.2 Å². The molecule has 1 aliphatic carbocycles. The van der Waals surface area contributed by atoms with Gasteiger partial charge in [-0.1, -0.05) is 35.4 Å². The first-order valence-electron chi connectivity index (χ1n) is 8.14. The van der Waals surface area contributed by atoms with Crippen molar-refractivity contribution in [1.29, 1.82) is 0 Å². The van der Waals surface area contributed by atoms with Crippen LogP contribution >= 0.6 is 0 Å². The average Bonchev–Trinajstić information content (AvgIpc) is 3.29. The summed E-state index contributed by atoms with van der Waals surface area (Å²) in [5.74, 6) is -3.10. The van der Waals surface area contributed by atoms with E-state index in [2.05, 4.69) is 5.32 Å². The highest BCUT2D eigenvalue weighted by Gasteiger charge is 2.69. The third-order valence-electron chi connectivity index (χ3n) is 5.24. The lowest BCUT2D eigenvalue weighted by molar-refractivity contribution is -0.171. The number of hydrogen-bond acceptors (Lipinski definition) is 5. The first-order chi connectivity index (χ1) is 12.5. The van der Waals surface area contributed by atoms with E-state index in [1.54, 1.807) is 36.4 Å². The van der Waals surface area contributed by atoms with Crippen LogP contribution in [-0.2, 0) is 19.8 Å². The highest BCUT2D eigenvalue weighted by molar-refractivity contribution is 6.21. The average molecular weight is 348 g/mol. The van der Waals surface area contributed by atoms with Gasteiger partial charge in [-0.15, -0.1) is 0 Å². The fraction of sp³-hybridized carbons (Fsp3) is 0.158. The topological polar surface area (TPSA) is 92.8 Å². The minimum atomic E-state index is -0.966. The van der Waals surface area contributed by atoms with Gasteiger partial charge in [-0.3, -0.25) is 14.4 Å². The minimum absolute atomic E-state index is 0.194. The van der Waals surface area contributed by atoms with E-state index in [-0.39, 0.29) is 23.5 Å². The number of carbonyl (C=O) groups is 4. The van der Waals surface area contributed by atoms with Crippen molar-refractivity contribution in [3.05, 3.63) is 65.2 Å². The summed E-state index contributed by atoms with van der Waals surface area (Å²) in [7, 11) is 0. The minimum Gasteiger partial charge on any atom is -0.329 e. The van der Waals surface area contributed by atoms with E-state index in [1.807, 2.05) is 0 Å². The van der Waals surface area contributed by atoms with Gasteiger partial charge in [0.05, 0.1) is 22.5 Å². The van der Waals surface area contributed by atoms with Gasteiger partial charge in [0.25, 0.3) is 11.8 Å². The maximum atomic E-state index is 12.6. The number of hydroxylamine groups is 2. The number of nitrogens with zero attached hydrogens (tertiary/aromatic N) is 1. The molecule has 5 rings (SSSR count). The van der Waals surface area contributed by atoms with Crippen LogP contribution in [0.3, 0.4) is 0 Å². The largest absolute Gasteiger partial charge is 0.337 e. The Morgan fingerprint density at radius 1 is 1.00 bits per heavy atom. The molecule has 2 heterocycles. The summed E-state index contributed by atoms with van der Waals surface area (Å²) in [6, 6.07) is 13.4. The van der Waals surface area contributed by atoms with Crippen LogP contribution in [0.25, 0.3) is 0 Å². The zero-order valence-electron chi connectivity index (χ0n) is 13.4. The first-order valence-corrected chi connectivity index (χ1v) is 8.14. The molecule has 1 spiro atoms. The number of para-hydroxylation sites is 1. The predicted octanol–water partition coefficient (Wildman–Crippen LogP) is 1.65. The molecule has 26 heavy (non-hydrogen) atoms. The molecule has 1 N–H and O–H groups in total. The summed E-state index contributed by atoms with van der Waals surface area (Å²) >= 11 is 0. The van der Waals surface area contributed by atoms with Crippen molar-refractivity contribution in [1.82, 2.24) is 5.06 Å². The standard InChI is InChI=1S/C19H12N2O5/c22-15-10-5-1-2-6-11(10)16(23)21(15)26-17(24)13-9-19(13)12-7-3-4-8-14(12)20-18(19)25/h1-8,13H,9H2,(H,20,25). The number of anilines is 1. The van der Waals surface area contributed by atoms with Gasteiger partial charge in [0.1, 0.15) is 0 Å².